The standard InChI is InChI=1S/C13H15N3O3/c1-10(17)14-6-5-13(18)19-9-11-8-16-7-3-2-4-12(16)15-11/h2-4,7-8H,5-6,9H2,1H3,(H,14,17). The zero-order chi connectivity index (χ0) is 13.7. The summed E-state index contributed by atoms with van der Waals surface area (Å²) in [5, 5.41) is 2.54. The molecule has 6 nitrogen and oxygen atoms in total. The second-order valence-corrected chi connectivity index (χ2v) is 4.09. The maximum Gasteiger partial charge on any atom is 0.307 e. The van der Waals surface area contributed by atoms with Crippen molar-refractivity contribution in [1.82, 2.24) is 14.7 Å². The number of imidazole rings is 1. The van der Waals surface area contributed by atoms with Crippen LogP contribution in [-0.4, -0.2) is 27.8 Å². The lowest BCUT2D eigenvalue weighted by atomic mass is 10.4. The van der Waals surface area contributed by atoms with Gasteiger partial charge in [-0.25, -0.2) is 4.98 Å². The molecular weight excluding hydrogens is 246 g/mol. The third-order valence-electron chi connectivity index (χ3n) is 2.50. The van der Waals surface area contributed by atoms with Gasteiger partial charge in [-0.3, -0.25) is 9.59 Å². The van der Waals surface area contributed by atoms with Crippen molar-refractivity contribution in [2.45, 2.75) is 20.0 Å². The predicted octanol–water partition coefficient (Wildman–Crippen LogP) is 0.904. The van der Waals surface area contributed by atoms with Crippen molar-refractivity contribution in [2.24, 2.45) is 0 Å². The summed E-state index contributed by atoms with van der Waals surface area (Å²) >= 11 is 0. The Hall–Kier alpha value is -2.37. The number of carbonyl (C=O) groups excluding carboxylic acids is 2. The summed E-state index contributed by atoms with van der Waals surface area (Å²) in [4.78, 5) is 26.3. The third kappa shape index (κ3) is 3.80. The second-order valence-electron chi connectivity index (χ2n) is 4.09. The van der Waals surface area contributed by atoms with E-state index in [1.807, 2.05) is 35.0 Å². The largest absolute Gasteiger partial charge is 0.459 e. The molecule has 0 aliphatic heterocycles. The Balaban J connectivity index is 1.81. The molecule has 1 N–H and O–H groups in total. The van der Waals surface area contributed by atoms with Crippen LogP contribution in [0.5, 0.6) is 0 Å². The molecule has 0 aliphatic rings. The number of rotatable bonds is 5. The summed E-state index contributed by atoms with van der Waals surface area (Å²) in [7, 11) is 0. The average molecular weight is 261 g/mol. The molecule has 2 heterocycles. The van der Waals surface area contributed by atoms with Crippen LogP contribution in [0.2, 0.25) is 0 Å². The fourth-order valence-electron chi connectivity index (χ4n) is 1.62. The summed E-state index contributed by atoms with van der Waals surface area (Å²) in [5.74, 6) is -0.515. The molecule has 0 saturated carbocycles. The smallest absolute Gasteiger partial charge is 0.307 e. The van der Waals surface area contributed by atoms with Crippen LogP contribution < -0.4 is 5.32 Å². The lowest BCUT2D eigenvalue weighted by Crippen LogP contribution is -2.23. The Morgan fingerprint density at radius 2 is 2.26 bits per heavy atom. The molecule has 0 spiro atoms. The Labute approximate surface area is 110 Å². The van der Waals surface area contributed by atoms with Crippen molar-refractivity contribution < 1.29 is 14.3 Å². The molecule has 0 fully saturated rings. The van der Waals surface area contributed by atoms with Crippen molar-refractivity contribution in [3.8, 4) is 0 Å². The molecule has 0 bridgehead atoms. The van der Waals surface area contributed by atoms with Gasteiger partial charge in [0.05, 0.1) is 12.1 Å². The van der Waals surface area contributed by atoms with Gasteiger partial charge in [0.25, 0.3) is 0 Å². The maximum absolute atomic E-state index is 11.4. The summed E-state index contributed by atoms with van der Waals surface area (Å²) in [5.41, 5.74) is 1.51. The van der Waals surface area contributed by atoms with E-state index in [9.17, 15) is 9.59 Å². The van der Waals surface area contributed by atoms with Gasteiger partial charge in [-0.1, -0.05) is 6.07 Å². The summed E-state index contributed by atoms with van der Waals surface area (Å²) in [6.07, 6.45) is 3.85. The first-order valence-electron chi connectivity index (χ1n) is 5.98. The molecular formula is C13H15N3O3. The number of aromatic nitrogens is 2. The first-order valence-corrected chi connectivity index (χ1v) is 5.98. The molecule has 0 atom stereocenters. The highest BCUT2D eigenvalue weighted by Crippen LogP contribution is 2.05. The van der Waals surface area contributed by atoms with Gasteiger partial charge in [-0.05, 0) is 12.1 Å². The van der Waals surface area contributed by atoms with E-state index in [0.717, 1.165) is 5.65 Å². The molecule has 0 saturated heterocycles. The molecule has 0 aromatic carbocycles. The molecule has 2 rings (SSSR count). The number of esters is 1. The van der Waals surface area contributed by atoms with E-state index in [0.29, 0.717) is 12.2 Å². The highest BCUT2D eigenvalue weighted by molar-refractivity contribution is 5.74. The van der Waals surface area contributed by atoms with Crippen molar-refractivity contribution >= 4 is 17.5 Å². The number of nitrogens with one attached hydrogen (secondary N) is 1. The van der Waals surface area contributed by atoms with Gasteiger partial charge in [0, 0.05) is 25.9 Å². The number of carbonyl (C=O) groups is 2. The van der Waals surface area contributed by atoms with Crippen LogP contribution in [0.3, 0.4) is 0 Å². The fourth-order valence-corrected chi connectivity index (χ4v) is 1.62. The minimum atomic E-state index is -0.356. The molecule has 1 amide bonds. The van der Waals surface area contributed by atoms with Crippen LogP contribution >= 0.6 is 0 Å². The van der Waals surface area contributed by atoms with Crippen molar-refractivity contribution in [3.05, 3.63) is 36.3 Å². The number of nitrogens with zero attached hydrogens (tertiary/aromatic N) is 2. The van der Waals surface area contributed by atoms with Crippen molar-refractivity contribution in [1.29, 1.82) is 0 Å². The zero-order valence-corrected chi connectivity index (χ0v) is 10.6. The average Bonchev–Trinajstić information content (AvgIpc) is 2.78. The Bertz CT molecular complexity index is 559. The zero-order valence-electron chi connectivity index (χ0n) is 10.6. The molecule has 0 radical (unpaired) electrons. The highest BCUT2D eigenvalue weighted by Gasteiger charge is 2.06. The number of ether oxygens (including phenoxy) is 1. The second kappa shape index (κ2) is 5.99. The fraction of sp³-hybridized carbons (Fsp3) is 0.308. The Kier molecular flexibility index (Phi) is 4.12. The Morgan fingerprint density at radius 3 is 3.00 bits per heavy atom. The van der Waals surface area contributed by atoms with Gasteiger partial charge in [0.15, 0.2) is 0 Å². The monoisotopic (exact) mass is 261 g/mol. The third-order valence-corrected chi connectivity index (χ3v) is 2.50. The van der Waals surface area contributed by atoms with E-state index in [-0.39, 0.29) is 24.9 Å². The van der Waals surface area contributed by atoms with Gasteiger partial charge < -0.3 is 14.5 Å². The summed E-state index contributed by atoms with van der Waals surface area (Å²) in [6.45, 7) is 1.84. The quantitative estimate of drug-likeness (QED) is 0.812. The van der Waals surface area contributed by atoms with Gasteiger partial charge in [0.2, 0.25) is 5.91 Å². The van der Waals surface area contributed by atoms with Crippen LogP contribution in [-0.2, 0) is 20.9 Å². The van der Waals surface area contributed by atoms with Crippen LogP contribution in [0.1, 0.15) is 19.0 Å². The van der Waals surface area contributed by atoms with Crippen molar-refractivity contribution in [3.63, 3.8) is 0 Å². The molecule has 0 aliphatic carbocycles. The lowest BCUT2D eigenvalue weighted by molar-refractivity contribution is -0.144. The number of pyridine rings is 1. The highest BCUT2D eigenvalue weighted by atomic mass is 16.5. The molecule has 6 heteroatoms. The van der Waals surface area contributed by atoms with Crippen LogP contribution in [0, 0.1) is 0 Å². The SMILES string of the molecule is CC(=O)NCCC(=O)OCc1cn2ccccc2n1. The van der Waals surface area contributed by atoms with E-state index in [1.54, 1.807) is 0 Å². The van der Waals surface area contributed by atoms with Gasteiger partial charge in [0.1, 0.15) is 12.3 Å². The van der Waals surface area contributed by atoms with Crippen LogP contribution in [0.25, 0.3) is 5.65 Å². The van der Waals surface area contributed by atoms with Crippen molar-refractivity contribution in [2.75, 3.05) is 6.54 Å². The number of hydrogen-bond donors (Lipinski definition) is 1. The van der Waals surface area contributed by atoms with E-state index < -0.39 is 0 Å². The lowest BCUT2D eigenvalue weighted by Gasteiger charge is -2.03. The first-order chi connectivity index (χ1) is 9.15. The molecule has 100 valence electrons. The molecule has 19 heavy (non-hydrogen) atoms. The summed E-state index contributed by atoms with van der Waals surface area (Å²) in [6, 6.07) is 5.67. The molecule has 2 aromatic heterocycles. The first kappa shape index (κ1) is 13.1. The number of amides is 1. The Morgan fingerprint density at radius 1 is 1.42 bits per heavy atom. The van der Waals surface area contributed by atoms with Gasteiger partial charge in [-0.15, -0.1) is 0 Å². The van der Waals surface area contributed by atoms with E-state index in [1.165, 1.54) is 6.92 Å². The van der Waals surface area contributed by atoms with E-state index in [2.05, 4.69) is 10.3 Å². The van der Waals surface area contributed by atoms with E-state index >= 15 is 0 Å². The van der Waals surface area contributed by atoms with Crippen LogP contribution in [0.15, 0.2) is 30.6 Å². The number of hydrogen-bond acceptors (Lipinski definition) is 4. The van der Waals surface area contributed by atoms with Gasteiger partial charge >= 0.3 is 5.97 Å². The van der Waals surface area contributed by atoms with E-state index in [4.69, 9.17) is 4.74 Å². The predicted molar refractivity (Wildman–Crippen MR) is 68.3 cm³/mol. The molecule has 0 unspecified atom stereocenters. The van der Waals surface area contributed by atoms with Gasteiger partial charge in [-0.2, -0.15) is 0 Å². The maximum atomic E-state index is 11.4. The minimum absolute atomic E-state index is 0.139. The van der Waals surface area contributed by atoms with Crippen LogP contribution in [0.4, 0.5) is 0 Å². The number of fused-ring (bicyclic) bond motifs is 1. The minimum Gasteiger partial charge on any atom is -0.459 e. The normalized spacial score (nSPS) is 10.4. The topological polar surface area (TPSA) is 72.7 Å². The molecule has 2 aromatic rings. The summed E-state index contributed by atoms with van der Waals surface area (Å²) < 4.78 is 6.93.